The zero-order valence-corrected chi connectivity index (χ0v) is 24.6. The van der Waals surface area contributed by atoms with Crippen molar-refractivity contribution >= 4 is 27.6 Å². The predicted molar refractivity (Wildman–Crippen MR) is 183 cm³/mol. The number of fused-ring (bicyclic) bond motifs is 4. The van der Waals surface area contributed by atoms with E-state index in [-0.39, 0.29) is 0 Å². The third-order valence-corrected chi connectivity index (χ3v) is 8.31. The van der Waals surface area contributed by atoms with E-state index in [1.54, 1.807) is 0 Å². The molecule has 216 valence electrons. The van der Waals surface area contributed by atoms with Crippen LogP contribution in [0.25, 0.3) is 84.1 Å². The number of benzene rings is 5. The number of aromatic nitrogens is 5. The van der Waals surface area contributed by atoms with Gasteiger partial charge in [-0.05, 0) is 53.6 Å². The first-order valence-corrected chi connectivity index (χ1v) is 15.1. The number of pyridine rings is 1. The van der Waals surface area contributed by atoms with Crippen molar-refractivity contribution < 1.29 is 4.42 Å². The Morgan fingerprint density at radius 1 is 0.413 bits per heavy atom. The van der Waals surface area contributed by atoms with E-state index in [0.717, 1.165) is 61.1 Å². The maximum Gasteiger partial charge on any atom is 0.164 e. The van der Waals surface area contributed by atoms with Gasteiger partial charge in [0.25, 0.3) is 0 Å². The van der Waals surface area contributed by atoms with Crippen LogP contribution >= 0.6 is 0 Å². The molecular formula is C40H25N5O. The molecule has 0 unspecified atom stereocenters. The lowest BCUT2D eigenvalue weighted by atomic mass is 10.0. The number of hydrogen-bond acceptors (Lipinski definition) is 5. The van der Waals surface area contributed by atoms with Gasteiger partial charge < -0.3 is 8.82 Å². The van der Waals surface area contributed by atoms with Crippen molar-refractivity contribution in [3.8, 4) is 56.5 Å². The second-order valence-electron chi connectivity index (χ2n) is 11.2. The summed E-state index contributed by atoms with van der Waals surface area (Å²) < 4.78 is 8.38. The average Bonchev–Trinajstić information content (AvgIpc) is 3.73. The summed E-state index contributed by atoms with van der Waals surface area (Å²) >= 11 is 0. The van der Waals surface area contributed by atoms with E-state index < -0.39 is 0 Å². The van der Waals surface area contributed by atoms with Crippen LogP contribution in [0.2, 0.25) is 0 Å². The molecule has 6 nitrogen and oxygen atoms in total. The Bertz CT molecular complexity index is 2480. The molecule has 4 aromatic heterocycles. The predicted octanol–water partition coefficient (Wildman–Crippen LogP) is 9.75. The van der Waals surface area contributed by atoms with Crippen LogP contribution in [0.5, 0.6) is 0 Å². The number of hydrogen-bond donors (Lipinski definition) is 0. The van der Waals surface area contributed by atoms with Crippen molar-refractivity contribution in [2.45, 2.75) is 0 Å². The number of furan rings is 1. The minimum atomic E-state index is 0.587. The summed E-state index contributed by atoms with van der Waals surface area (Å²) in [5, 5.41) is 2.06. The number of rotatable bonds is 5. The zero-order chi connectivity index (χ0) is 30.5. The van der Waals surface area contributed by atoms with Crippen molar-refractivity contribution in [3.05, 3.63) is 152 Å². The van der Waals surface area contributed by atoms with Crippen LogP contribution in [0.15, 0.2) is 156 Å². The molecule has 0 saturated carbocycles. The molecule has 9 aromatic rings. The Labute approximate surface area is 264 Å². The minimum absolute atomic E-state index is 0.587. The molecule has 0 aliphatic heterocycles. The molecule has 0 amide bonds. The van der Waals surface area contributed by atoms with Gasteiger partial charge in [-0.1, -0.05) is 97.1 Å². The Kier molecular flexibility index (Phi) is 6.03. The molecule has 4 heterocycles. The lowest BCUT2D eigenvalue weighted by molar-refractivity contribution is 0.669. The molecule has 0 atom stereocenters. The highest BCUT2D eigenvalue weighted by molar-refractivity contribution is 6.07. The van der Waals surface area contributed by atoms with Crippen LogP contribution in [-0.4, -0.2) is 24.3 Å². The number of nitrogens with zero attached hydrogens (tertiary/aromatic N) is 5. The first-order valence-electron chi connectivity index (χ1n) is 15.1. The molecular weight excluding hydrogens is 566 g/mol. The van der Waals surface area contributed by atoms with Gasteiger partial charge in [-0.25, -0.2) is 19.9 Å². The fourth-order valence-corrected chi connectivity index (χ4v) is 5.94. The summed E-state index contributed by atoms with van der Waals surface area (Å²) in [4.78, 5) is 19.6. The van der Waals surface area contributed by atoms with Crippen LogP contribution in [0.3, 0.4) is 0 Å². The summed E-state index contributed by atoms with van der Waals surface area (Å²) in [5.74, 6) is 1.82. The Morgan fingerprint density at radius 2 is 1.00 bits per heavy atom. The molecule has 0 bridgehead atoms. The van der Waals surface area contributed by atoms with E-state index in [4.69, 9.17) is 24.4 Å². The van der Waals surface area contributed by atoms with E-state index in [0.29, 0.717) is 17.5 Å². The van der Waals surface area contributed by atoms with Gasteiger partial charge in [-0.15, -0.1) is 0 Å². The highest BCUT2D eigenvalue weighted by Crippen LogP contribution is 2.35. The van der Waals surface area contributed by atoms with Gasteiger partial charge in [0.1, 0.15) is 16.8 Å². The molecule has 0 radical (unpaired) electrons. The largest absolute Gasteiger partial charge is 0.456 e. The van der Waals surface area contributed by atoms with Crippen molar-refractivity contribution in [1.29, 1.82) is 0 Å². The lowest BCUT2D eigenvalue weighted by Crippen LogP contribution is -2.00. The van der Waals surface area contributed by atoms with E-state index in [1.165, 1.54) is 5.56 Å². The number of imidazole rings is 1. The van der Waals surface area contributed by atoms with E-state index >= 15 is 0 Å². The van der Waals surface area contributed by atoms with E-state index in [9.17, 15) is 0 Å². The Balaban J connectivity index is 1.13. The van der Waals surface area contributed by atoms with Crippen molar-refractivity contribution in [2.75, 3.05) is 0 Å². The summed E-state index contributed by atoms with van der Waals surface area (Å²) in [6.45, 7) is 0. The quantitative estimate of drug-likeness (QED) is 0.199. The second-order valence-corrected chi connectivity index (χ2v) is 11.2. The lowest BCUT2D eigenvalue weighted by Gasteiger charge is -2.09. The molecule has 6 heteroatoms. The zero-order valence-electron chi connectivity index (χ0n) is 24.6. The fraction of sp³-hybridized carbons (Fsp3) is 0. The molecule has 0 spiro atoms. The second kappa shape index (κ2) is 10.6. The standard InChI is InChI=1S/C40H25N5O/c1-3-9-26(10-4-1)27-14-16-29(17-15-27)39-42-38(28-11-5-2-6-12-28)43-40(44-39)31-18-20-32-33-23-30(19-21-35(33)46-36(32)24-31)34-25-45-22-8-7-13-37(45)41-34/h1-25H. The van der Waals surface area contributed by atoms with Crippen molar-refractivity contribution in [3.63, 3.8) is 0 Å². The average molecular weight is 592 g/mol. The van der Waals surface area contributed by atoms with Crippen molar-refractivity contribution in [1.82, 2.24) is 24.3 Å². The van der Waals surface area contributed by atoms with Crippen LogP contribution in [0.4, 0.5) is 0 Å². The fourth-order valence-electron chi connectivity index (χ4n) is 5.94. The topological polar surface area (TPSA) is 69.1 Å². The molecule has 46 heavy (non-hydrogen) atoms. The smallest absolute Gasteiger partial charge is 0.164 e. The van der Waals surface area contributed by atoms with E-state index in [2.05, 4.69) is 66.9 Å². The highest BCUT2D eigenvalue weighted by Gasteiger charge is 2.16. The van der Waals surface area contributed by atoms with E-state index in [1.807, 2.05) is 89.5 Å². The van der Waals surface area contributed by atoms with Crippen LogP contribution < -0.4 is 0 Å². The molecule has 9 rings (SSSR count). The third kappa shape index (κ3) is 4.60. The molecule has 0 N–H and O–H groups in total. The molecule has 0 aliphatic carbocycles. The maximum absolute atomic E-state index is 6.35. The first-order chi connectivity index (χ1) is 22.7. The van der Waals surface area contributed by atoms with Gasteiger partial charge in [-0.3, -0.25) is 0 Å². The van der Waals surface area contributed by atoms with Gasteiger partial charge in [0.05, 0.1) is 5.69 Å². The Hall–Kier alpha value is -6.40. The SMILES string of the molecule is c1ccc(-c2ccc(-c3nc(-c4ccccc4)nc(-c4ccc5c(c4)oc4ccc(-c6cn7ccccc7n6)cc45)n3)cc2)cc1. The van der Waals surface area contributed by atoms with Gasteiger partial charge >= 0.3 is 0 Å². The summed E-state index contributed by atoms with van der Waals surface area (Å²) in [5.41, 5.74) is 9.48. The monoisotopic (exact) mass is 591 g/mol. The van der Waals surface area contributed by atoms with Gasteiger partial charge in [0.2, 0.25) is 0 Å². The highest BCUT2D eigenvalue weighted by atomic mass is 16.3. The third-order valence-electron chi connectivity index (χ3n) is 8.31. The van der Waals surface area contributed by atoms with Crippen LogP contribution in [0.1, 0.15) is 0 Å². The summed E-state index contributed by atoms with van der Waals surface area (Å²) in [6, 6.07) is 47.1. The normalized spacial score (nSPS) is 11.5. The summed E-state index contributed by atoms with van der Waals surface area (Å²) in [6.07, 6.45) is 4.06. The molecule has 0 aliphatic rings. The molecule has 0 fully saturated rings. The molecule has 5 aromatic carbocycles. The maximum atomic E-state index is 6.35. The first kappa shape index (κ1) is 26.0. The summed E-state index contributed by atoms with van der Waals surface area (Å²) in [7, 11) is 0. The van der Waals surface area contributed by atoms with Gasteiger partial charge in [0, 0.05) is 45.4 Å². The molecule has 0 saturated heterocycles. The van der Waals surface area contributed by atoms with Crippen molar-refractivity contribution in [2.24, 2.45) is 0 Å². The minimum Gasteiger partial charge on any atom is -0.456 e. The Morgan fingerprint density at radius 3 is 1.74 bits per heavy atom. The van der Waals surface area contributed by atoms with Gasteiger partial charge in [0.15, 0.2) is 17.5 Å². The van der Waals surface area contributed by atoms with Gasteiger partial charge in [-0.2, -0.15) is 0 Å². The van der Waals surface area contributed by atoms with Crippen LogP contribution in [-0.2, 0) is 0 Å². The van der Waals surface area contributed by atoms with Crippen LogP contribution in [0, 0.1) is 0 Å².